The van der Waals surface area contributed by atoms with Gasteiger partial charge < -0.3 is 20.3 Å². The van der Waals surface area contributed by atoms with Crippen LogP contribution in [0, 0.1) is 5.92 Å². The maximum Gasteiger partial charge on any atom is 0.221 e. The number of fused-ring (bicyclic) bond motifs is 1. The van der Waals surface area contributed by atoms with E-state index in [-0.39, 0.29) is 11.0 Å². The summed E-state index contributed by atoms with van der Waals surface area (Å²) in [5.41, 5.74) is 6.55. The second-order valence-electron chi connectivity index (χ2n) is 7.02. The molecule has 1 aliphatic carbocycles. The van der Waals surface area contributed by atoms with Crippen LogP contribution in [0.4, 0.5) is 5.69 Å². The third-order valence-corrected chi connectivity index (χ3v) is 4.94. The SMILES string of the molecule is CCCN(CC1CC1)Cn1c(O)c(N=NC(N)=S)c2cc(OC)c(OC)cc21. The van der Waals surface area contributed by atoms with Crippen LogP contribution in [-0.4, -0.2) is 47.0 Å². The molecule has 3 N–H and O–H groups in total. The first-order valence-electron chi connectivity index (χ1n) is 9.39. The van der Waals surface area contributed by atoms with E-state index in [0.717, 1.165) is 30.9 Å². The summed E-state index contributed by atoms with van der Waals surface area (Å²) < 4.78 is 12.7. The third-order valence-electron chi connectivity index (χ3n) is 4.86. The Morgan fingerprint density at radius 2 is 2.00 bits per heavy atom. The number of aromatic nitrogens is 1. The van der Waals surface area contributed by atoms with E-state index in [1.54, 1.807) is 20.3 Å². The molecular weight excluding hydrogens is 378 g/mol. The smallest absolute Gasteiger partial charge is 0.221 e. The molecule has 0 spiro atoms. The number of rotatable bonds is 9. The molecule has 1 heterocycles. The number of nitrogens with zero attached hydrogens (tertiary/aromatic N) is 4. The highest BCUT2D eigenvalue weighted by Crippen LogP contribution is 2.44. The summed E-state index contributed by atoms with van der Waals surface area (Å²) >= 11 is 4.79. The van der Waals surface area contributed by atoms with Crippen molar-refractivity contribution < 1.29 is 14.6 Å². The van der Waals surface area contributed by atoms with Gasteiger partial charge in [-0.15, -0.1) is 10.2 Å². The van der Waals surface area contributed by atoms with Gasteiger partial charge in [-0.3, -0.25) is 9.47 Å². The maximum atomic E-state index is 10.9. The molecule has 1 aliphatic rings. The fraction of sp³-hybridized carbons (Fsp3) is 0.526. The van der Waals surface area contributed by atoms with Crippen LogP contribution in [0.3, 0.4) is 0 Å². The van der Waals surface area contributed by atoms with Gasteiger partial charge in [0.15, 0.2) is 17.2 Å². The Labute approximate surface area is 169 Å². The van der Waals surface area contributed by atoms with Crippen molar-refractivity contribution in [3.8, 4) is 17.4 Å². The van der Waals surface area contributed by atoms with Crippen LogP contribution >= 0.6 is 12.2 Å². The fourth-order valence-corrected chi connectivity index (χ4v) is 3.43. The van der Waals surface area contributed by atoms with Gasteiger partial charge in [0.2, 0.25) is 11.0 Å². The minimum atomic E-state index is -0.0953. The van der Waals surface area contributed by atoms with Gasteiger partial charge in [0, 0.05) is 18.0 Å². The lowest BCUT2D eigenvalue weighted by Crippen LogP contribution is -2.29. The normalized spacial score (nSPS) is 14.3. The molecule has 2 aromatic rings. The predicted octanol–water partition coefficient (Wildman–Crippen LogP) is 3.77. The highest BCUT2D eigenvalue weighted by molar-refractivity contribution is 7.80. The standard InChI is InChI=1S/C19H27N5O3S/c1-4-7-23(10-12-5-6-12)11-24-14-9-16(27-3)15(26-2)8-13(14)17(18(24)25)21-22-19(20)28/h8-9,12,25H,4-7,10-11H2,1-3H3,(H2,20,28). The van der Waals surface area contributed by atoms with Crippen LogP contribution < -0.4 is 15.2 Å². The second kappa shape index (κ2) is 8.74. The number of ether oxygens (including phenoxy) is 2. The van der Waals surface area contributed by atoms with Crippen molar-refractivity contribution in [2.45, 2.75) is 32.9 Å². The zero-order chi connectivity index (χ0) is 20.3. The van der Waals surface area contributed by atoms with E-state index in [0.29, 0.717) is 29.2 Å². The van der Waals surface area contributed by atoms with Crippen LogP contribution in [-0.2, 0) is 6.67 Å². The first-order valence-corrected chi connectivity index (χ1v) is 9.80. The molecule has 0 bridgehead atoms. The van der Waals surface area contributed by atoms with Crippen LogP contribution in [0.25, 0.3) is 10.9 Å². The van der Waals surface area contributed by atoms with Crippen molar-refractivity contribution in [1.82, 2.24) is 9.47 Å². The molecule has 0 saturated heterocycles. The molecule has 3 rings (SSSR count). The summed E-state index contributed by atoms with van der Waals surface area (Å²) in [7, 11) is 3.15. The van der Waals surface area contributed by atoms with E-state index in [2.05, 4.69) is 22.1 Å². The minimum absolute atomic E-state index is 0.0159. The maximum absolute atomic E-state index is 10.9. The van der Waals surface area contributed by atoms with Crippen LogP contribution in [0.2, 0.25) is 0 Å². The third kappa shape index (κ3) is 4.36. The minimum Gasteiger partial charge on any atom is -0.493 e. The van der Waals surface area contributed by atoms with Crippen LogP contribution in [0.1, 0.15) is 26.2 Å². The highest BCUT2D eigenvalue weighted by Gasteiger charge is 2.26. The van der Waals surface area contributed by atoms with E-state index in [9.17, 15) is 5.11 Å². The molecular formula is C19H27N5O3S. The van der Waals surface area contributed by atoms with Gasteiger partial charge in [-0.25, -0.2) is 0 Å². The first kappa shape index (κ1) is 20.3. The van der Waals surface area contributed by atoms with Crippen LogP contribution in [0.15, 0.2) is 22.4 Å². The fourth-order valence-electron chi connectivity index (χ4n) is 3.39. The van der Waals surface area contributed by atoms with Crippen molar-refractivity contribution in [2.24, 2.45) is 21.9 Å². The van der Waals surface area contributed by atoms with Gasteiger partial charge in [0.05, 0.1) is 26.4 Å². The van der Waals surface area contributed by atoms with Gasteiger partial charge in [-0.1, -0.05) is 6.92 Å². The quantitative estimate of drug-likeness (QED) is 0.487. The Kier molecular flexibility index (Phi) is 6.35. The average molecular weight is 406 g/mol. The molecule has 1 saturated carbocycles. The number of benzene rings is 1. The van der Waals surface area contributed by atoms with Crippen molar-refractivity contribution in [1.29, 1.82) is 0 Å². The lowest BCUT2D eigenvalue weighted by molar-refractivity contribution is 0.203. The molecule has 1 fully saturated rings. The summed E-state index contributed by atoms with van der Waals surface area (Å²) in [5.74, 6) is 1.89. The van der Waals surface area contributed by atoms with E-state index in [4.69, 9.17) is 27.4 Å². The number of methoxy groups -OCH3 is 2. The lowest BCUT2D eigenvalue weighted by atomic mass is 10.2. The second-order valence-corrected chi connectivity index (χ2v) is 7.44. The number of hydrogen-bond donors (Lipinski definition) is 2. The number of nitrogens with two attached hydrogens (primary N) is 1. The number of aromatic hydroxyl groups is 1. The lowest BCUT2D eigenvalue weighted by Gasteiger charge is -2.23. The van der Waals surface area contributed by atoms with E-state index >= 15 is 0 Å². The Morgan fingerprint density at radius 1 is 1.32 bits per heavy atom. The van der Waals surface area contributed by atoms with Gasteiger partial charge in [-0.2, -0.15) is 0 Å². The molecule has 0 unspecified atom stereocenters. The van der Waals surface area contributed by atoms with Crippen molar-refractivity contribution >= 4 is 33.9 Å². The molecule has 8 nitrogen and oxygen atoms in total. The zero-order valence-electron chi connectivity index (χ0n) is 16.5. The van der Waals surface area contributed by atoms with E-state index in [1.807, 2.05) is 10.6 Å². The molecule has 0 atom stereocenters. The molecule has 0 aliphatic heterocycles. The van der Waals surface area contributed by atoms with Crippen molar-refractivity contribution in [2.75, 3.05) is 27.3 Å². The Hall–Kier alpha value is -2.39. The number of thiocarbonyl (C=S) groups is 1. The summed E-state index contributed by atoms with van der Waals surface area (Å²) in [6.07, 6.45) is 3.59. The molecule has 28 heavy (non-hydrogen) atoms. The summed E-state index contributed by atoms with van der Waals surface area (Å²) in [4.78, 5) is 2.35. The van der Waals surface area contributed by atoms with E-state index < -0.39 is 0 Å². The zero-order valence-corrected chi connectivity index (χ0v) is 17.3. The molecule has 0 radical (unpaired) electrons. The topological polar surface area (TPSA) is 97.6 Å². The van der Waals surface area contributed by atoms with Crippen molar-refractivity contribution in [3.05, 3.63) is 12.1 Å². The molecule has 1 aromatic heterocycles. The van der Waals surface area contributed by atoms with Gasteiger partial charge in [0.25, 0.3) is 0 Å². The average Bonchev–Trinajstić information content (AvgIpc) is 3.45. The summed E-state index contributed by atoms with van der Waals surface area (Å²) in [6.45, 7) is 4.67. The van der Waals surface area contributed by atoms with Crippen LogP contribution in [0.5, 0.6) is 17.4 Å². The molecule has 9 heteroatoms. The first-order chi connectivity index (χ1) is 13.5. The number of hydrogen-bond acceptors (Lipinski definition) is 6. The van der Waals surface area contributed by atoms with Crippen molar-refractivity contribution in [3.63, 3.8) is 0 Å². The summed E-state index contributed by atoms with van der Waals surface area (Å²) in [6, 6.07) is 3.62. The molecule has 1 aromatic carbocycles. The van der Waals surface area contributed by atoms with E-state index in [1.165, 1.54) is 12.8 Å². The molecule has 0 amide bonds. The largest absolute Gasteiger partial charge is 0.493 e. The highest BCUT2D eigenvalue weighted by atomic mass is 32.1. The number of azo groups is 1. The van der Waals surface area contributed by atoms with Gasteiger partial charge in [0.1, 0.15) is 0 Å². The Bertz CT molecular complexity index is 892. The Morgan fingerprint density at radius 3 is 2.57 bits per heavy atom. The van der Waals surface area contributed by atoms with Gasteiger partial charge in [-0.05, 0) is 50.0 Å². The summed E-state index contributed by atoms with van der Waals surface area (Å²) in [5, 5.41) is 19.4. The monoisotopic (exact) mass is 405 g/mol. The molecule has 152 valence electrons. The predicted molar refractivity (Wildman–Crippen MR) is 113 cm³/mol. The Balaban J connectivity index is 2.10. The van der Waals surface area contributed by atoms with Gasteiger partial charge >= 0.3 is 0 Å².